The number of halogens is 2. The van der Waals surface area contributed by atoms with Gasteiger partial charge < -0.3 is 14.6 Å². The molecule has 0 atom stereocenters. The van der Waals surface area contributed by atoms with E-state index in [0.29, 0.717) is 5.75 Å². The average molecular weight is 502 g/mol. The summed E-state index contributed by atoms with van der Waals surface area (Å²) in [7, 11) is 0. The largest absolute Gasteiger partial charge is 0.514 e. The summed E-state index contributed by atoms with van der Waals surface area (Å²) in [5, 5.41) is 9.14. The molecular weight excluding hydrogens is 486 g/mol. The maximum atomic E-state index is 11.9. The zero-order valence-electron chi connectivity index (χ0n) is 11.1. The van der Waals surface area contributed by atoms with E-state index in [1.54, 1.807) is 12.1 Å². The first kappa shape index (κ1) is 16.3. The molecule has 0 unspecified atom stereocenters. The molecule has 2 rings (SSSR count). The minimum Gasteiger partial charge on any atom is -0.428 e. The molecule has 0 spiro atoms. The van der Waals surface area contributed by atoms with Gasteiger partial charge in [0.2, 0.25) is 0 Å². The van der Waals surface area contributed by atoms with Crippen molar-refractivity contribution in [2.75, 3.05) is 0 Å². The van der Waals surface area contributed by atoms with E-state index in [-0.39, 0.29) is 12.2 Å². The average Bonchev–Trinajstić information content (AvgIpc) is 2.79. The van der Waals surface area contributed by atoms with Crippen molar-refractivity contribution in [1.29, 1.82) is 0 Å². The quantitative estimate of drug-likeness (QED) is 0.382. The van der Waals surface area contributed by atoms with E-state index in [0.717, 1.165) is 38.4 Å². The summed E-state index contributed by atoms with van der Waals surface area (Å²) in [4.78, 5) is 11.9. The highest BCUT2D eigenvalue weighted by molar-refractivity contribution is 14.1. The number of ether oxygens (including phenoxy) is 2. The fourth-order valence-corrected chi connectivity index (χ4v) is 4.45. The lowest BCUT2D eigenvalue weighted by molar-refractivity contribution is 0.00176. The molecule has 1 N–H and O–H groups in total. The van der Waals surface area contributed by atoms with Gasteiger partial charge in [-0.15, -0.1) is 0 Å². The lowest BCUT2D eigenvalue weighted by Gasteiger charge is -2.23. The van der Waals surface area contributed by atoms with Crippen LogP contribution < -0.4 is 4.74 Å². The standard InChI is InChI=1S/C14H16I2O4/c1-14(4-2-3-5-14)20-13(18)19-12-10(15)6-9(8-17)7-11(12)16/h6-7,17H,2-5,8H2,1H3. The molecule has 0 saturated heterocycles. The molecule has 20 heavy (non-hydrogen) atoms. The molecule has 4 nitrogen and oxygen atoms in total. The lowest BCUT2D eigenvalue weighted by Crippen LogP contribution is -2.30. The zero-order chi connectivity index (χ0) is 14.8. The molecule has 0 radical (unpaired) electrons. The Labute approximate surface area is 145 Å². The first-order chi connectivity index (χ1) is 9.43. The Morgan fingerprint density at radius 3 is 2.35 bits per heavy atom. The van der Waals surface area contributed by atoms with Crippen molar-refractivity contribution >= 4 is 51.3 Å². The smallest absolute Gasteiger partial charge is 0.428 e. The number of carbonyl (C=O) groups is 1. The number of aliphatic hydroxyl groups excluding tert-OH is 1. The number of hydrogen-bond donors (Lipinski definition) is 1. The Morgan fingerprint density at radius 1 is 1.30 bits per heavy atom. The maximum Gasteiger partial charge on any atom is 0.514 e. The maximum absolute atomic E-state index is 11.9. The van der Waals surface area contributed by atoms with Gasteiger partial charge in [0.25, 0.3) is 0 Å². The predicted octanol–water partition coefficient (Wildman–Crippen LogP) is 4.24. The first-order valence-corrected chi connectivity index (χ1v) is 8.59. The third kappa shape index (κ3) is 3.97. The number of benzene rings is 1. The fraction of sp³-hybridized carbons (Fsp3) is 0.500. The van der Waals surface area contributed by atoms with E-state index in [9.17, 15) is 4.79 Å². The molecule has 0 aromatic heterocycles. The number of carbonyl (C=O) groups excluding carboxylic acids is 1. The SMILES string of the molecule is CC1(OC(=O)Oc2c(I)cc(CO)cc2I)CCCC1. The fourth-order valence-electron chi connectivity index (χ4n) is 2.33. The summed E-state index contributed by atoms with van der Waals surface area (Å²) in [6, 6.07) is 3.59. The summed E-state index contributed by atoms with van der Waals surface area (Å²) >= 11 is 4.18. The zero-order valence-corrected chi connectivity index (χ0v) is 15.4. The van der Waals surface area contributed by atoms with Crippen LogP contribution in [0.4, 0.5) is 4.79 Å². The van der Waals surface area contributed by atoms with Crippen molar-refractivity contribution in [2.45, 2.75) is 44.8 Å². The third-order valence-corrected chi connectivity index (χ3v) is 5.02. The molecule has 6 heteroatoms. The topological polar surface area (TPSA) is 55.8 Å². The van der Waals surface area contributed by atoms with Crippen LogP contribution in [0.25, 0.3) is 0 Å². The highest BCUT2D eigenvalue weighted by Crippen LogP contribution is 2.34. The van der Waals surface area contributed by atoms with Crippen LogP contribution >= 0.6 is 45.2 Å². The van der Waals surface area contributed by atoms with E-state index < -0.39 is 6.16 Å². The molecule has 0 bridgehead atoms. The second kappa shape index (κ2) is 6.78. The number of aliphatic hydroxyl groups is 1. The van der Waals surface area contributed by atoms with Crippen LogP contribution in [0.1, 0.15) is 38.2 Å². The second-order valence-corrected chi connectivity index (χ2v) is 7.48. The minimum atomic E-state index is -0.651. The first-order valence-electron chi connectivity index (χ1n) is 6.43. The van der Waals surface area contributed by atoms with Crippen molar-refractivity contribution in [3.05, 3.63) is 24.8 Å². The number of hydrogen-bond acceptors (Lipinski definition) is 4. The van der Waals surface area contributed by atoms with Gasteiger partial charge >= 0.3 is 6.16 Å². The lowest BCUT2D eigenvalue weighted by atomic mass is 10.1. The highest BCUT2D eigenvalue weighted by atomic mass is 127. The molecule has 1 aromatic carbocycles. The molecule has 1 aromatic rings. The van der Waals surface area contributed by atoms with E-state index in [1.165, 1.54) is 0 Å². The van der Waals surface area contributed by atoms with E-state index in [2.05, 4.69) is 45.2 Å². The van der Waals surface area contributed by atoms with Gasteiger partial charge in [-0.25, -0.2) is 4.79 Å². The number of rotatable bonds is 3. The molecule has 0 heterocycles. The molecule has 0 amide bonds. The summed E-state index contributed by atoms with van der Waals surface area (Å²) in [6.07, 6.45) is 3.30. The van der Waals surface area contributed by atoms with Crippen LogP contribution in [0.15, 0.2) is 12.1 Å². The molecule has 1 aliphatic rings. The summed E-state index contributed by atoms with van der Waals surface area (Å²) in [5.74, 6) is 0.495. The van der Waals surface area contributed by atoms with Crippen molar-refractivity contribution in [3.63, 3.8) is 0 Å². The Hall–Kier alpha value is -0.0900. The van der Waals surface area contributed by atoms with Gasteiger partial charge in [0.15, 0.2) is 5.75 Å². The molecule has 1 aliphatic carbocycles. The van der Waals surface area contributed by atoms with Crippen LogP contribution in [-0.2, 0) is 11.3 Å². The predicted molar refractivity (Wildman–Crippen MR) is 91.8 cm³/mol. The van der Waals surface area contributed by atoms with Crippen LogP contribution in [0.5, 0.6) is 5.75 Å². The Kier molecular flexibility index (Phi) is 5.52. The van der Waals surface area contributed by atoms with Crippen molar-refractivity contribution in [2.24, 2.45) is 0 Å². The van der Waals surface area contributed by atoms with Crippen LogP contribution in [0, 0.1) is 7.14 Å². The van der Waals surface area contributed by atoms with Gasteiger partial charge in [-0.3, -0.25) is 0 Å². The molecule has 1 fully saturated rings. The Bertz CT molecular complexity index is 487. The van der Waals surface area contributed by atoms with Crippen molar-refractivity contribution in [3.8, 4) is 5.75 Å². The molecule has 0 aliphatic heterocycles. The van der Waals surface area contributed by atoms with Gasteiger partial charge in [0.05, 0.1) is 13.7 Å². The van der Waals surface area contributed by atoms with Crippen molar-refractivity contribution in [1.82, 2.24) is 0 Å². The summed E-state index contributed by atoms with van der Waals surface area (Å²) < 4.78 is 12.4. The Balaban J connectivity index is 2.08. The molecular formula is C14H16I2O4. The second-order valence-electron chi connectivity index (χ2n) is 5.16. The third-order valence-electron chi connectivity index (χ3n) is 3.42. The highest BCUT2D eigenvalue weighted by Gasteiger charge is 2.33. The van der Waals surface area contributed by atoms with Crippen LogP contribution in [-0.4, -0.2) is 16.9 Å². The van der Waals surface area contributed by atoms with Crippen molar-refractivity contribution < 1.29 is 19.4 Å². The Morgan fingerprint density at radius 2 is 1.85 bits per heavy atom. The van der Waals surface area contributed by atoms with Gasteiger partial charge in [-0.05, 0) is 95.5 Å². The van der Waals surface area contributed by atoms with E-state index in [4.69, 9.17) is 14.6 Å². The van der Waals surface area contributed by atoms with E-state index in [1.807, 2.05) is 6.92 Å². The molecule has 1 saturated carbocycles. The minimum absolute atomic E-state index is 0.0329. The summed E-state index contributed by atoms with van der Waals surface area (Å²) in [6.45, 7) is 1.92. The van der Waals surface area contributed by atoms with Gasteiger partial charge in [0.1, 0.15) is 5.60 Å². The van der Waals surface area contributed by atoms with Gasteiger partial charge in [0, 0.05) is 0 Å². The van der Waals surface area contributed by atoms with Gasteiger partial charge in [-0.2, -0.15) is 0 Å². The van der Waals surface area contributed by atoms with Gasteiger partial charge in [-0.1, -0.05) is 0 Å². The normalized spacial score (nSPS) is 17.0. The van der Waals surface area contributed by atoms with Crippen LogP contribution in [0.3, 0.4) is 0 Å². The monoisotopic (exact) mass is 502 g/mol. The summed E-state index contributed by atoms with van der Waals surface area (Å²) in [5.41, 5.74) is 0.404. The molecule has 110 valence electrons. The van der Waals surface area contributed by atoms with E-state index >= 15 is 0 Å². The van der Waals surface area contributed by atoms with Crippen LogP contribution in [0.2, 0.25) is 0 Å².